The van der Waals surface area contributed by atoms with Crippen molar-refractivity contribution in [2.24, 2.45) is 5.92 Å². The number of hydrogen-bond donors (Lipinski definition) is 2. The summed E-state index contributed by atoms with van der Waals surface area (Å²) in [7, 11) is 0. The number of ketones is 1. The molecule has 0 aliphatic carbocycles. The van der Waals surface area contributed by atoms with E-state index in [1.165, 1.54) is 36.4 Å². The first-order valence-electron chi connectivity index (χ1n) is 12.3. The van der Waals surface area contributed by atoms with Crippen LogP contribution in [-0.2, 0) is 14.3 Å². The number of carboxylic acids is 1. The van der Waals surface area contributed by atoms with Crippen LogP contribution in [0.4, 0.5) is 14.5 Å². The van der Waals surface area contributed by atoms with Crippen LogP contribution in [0, 0.1) is 17.6 Å². The standard InChI is InChI=1S/C29H28F2N2O5/c30-22-8-6-19(7-9-22)26(32-24-12-10-23(31)11-13-24)20-14-16-33(17-15-20)18-25(27(34)28(35)36)38-29(37)21-4-2-1-3-5-21/h1-13,20,25-26,32H,14-18H2,(H,35,36). The fourth-order valence-corrected chi connectivity index (χ4v) is 4.66. The molecule has 0 saturated carbocycles. The van der Waals surface area contributed by atoms with Crippen molar-refractivity contribution >= 4 is 23.4 Å². The summed E-state index contributed by atoms with van der Waals surface area (Å²) in [6.07, 6.45) is -0.0877. The van der Waals surface area contributed by atoms with Gasteiger partial charge in [0.15, 0.2) is 6.10 Å². The molecule has 38 heavy (non-hydrogen) atoms. The van der Waals surface area contributed by atoms with E-state index in [2.05, 4.69) is 5.32 Å². The van der Waals surface area contributed by atoms with Gasteiger partial charge in [0.2, 0.25) is 0 Å². The van der Waals surface area contributed by atoms with Gasteiger partial charge in [-0.05, 0) is 85.9 Å². The number of hydrogen-bond acceptors (Lipinski definition) is 6. The maximum absolute atomic E-state index is 13.6. The molecule has 4 rings (SSSR count). The lowest BCUT2D eigenvalue weighted by Crippen LogP contribution is -2.46. The van der Waals surface area contributed by atoms with Gasteiger partial charge < -0.3 is 15.2 Å². The number of rotatable bonds is 10. The summed E-state index contributed by atoms with van der Waals surface area (Å²) in [6, 6.07) is 20.1. The number of benzene rings is 3. The highest BCUT2D eigenvalue weighted by molar-refractivity contribution is 6.34. The van der Waals surface area contributed by atoms with Gasteiger partial charge in [-0.3, -0.25) is 9.69 Å². The molecule has 2 atom stereocenters. The van der Waals surface area contributed by atoms with Gasteiger partial charge in [0.25, 0.3) is 5.78 Å². The van der Waals surface area contributed by atoms with Gasteiger partial charge in [-0.1, -0.05) is 30.3 Å². The summed E-state index contributed by atoms with van der Waals surface area (Å²) < 4.78 is 32.3. The van der Waals surface area contributed by atoms with Gasteiger partial charge in [-0.2, -0.15) is 0 Å². The predicted octanol–water partition coefficient (Wildman–Crippen LogP) is 4.71. The number of Topliss-reactive ketones (excluding diaryl/α,β-unsaturated/α-hetero) is 1. The van der Waals surface area contributed by atoms with Crippen LogP contribution in [0.2, 0.25) is 0 Å². The Balaban J connectivity index is 1.44. The molecule has 7 nitrogen and oxygen atoms in total. The lowest BCUT2D eigenvalue weighted by molar-refractivity contribution is -0.153. The second-order valence-corrected chi connectivity index (χ2v) is 9.25. The molecule has 9 heteroatoms. The van der Waals surface area contributed by atoms with Gasteiger partial charge in [-0.15, -0.1) is 0 Å². The molecule has 0 spiro atoms. The number of carbonyl (C=O) groups excluding carboxylic acids is 2. The largest absolute Gasteiger partial charge is 0.475 e. The van der Waals surface area contributed by atoms with Crippen molar-refractivity contribution in [2.45, 2.75) is 25.0 Å². The summed E-state index contributed by atoms with van der Waals surface area (Å²) in [5.41, 5.74) is 1.83. The Morgan fingerprint density at radius 3 is 2.05 bits per heavy atom. The Labute approximate surface area is 219 Å². The average molecular weight is 523 g/mol. The van der Waals surface area contributed by atoms with Crippen LogP contribution in [0.15, 0.2) is 78.9 Å². The SMILES string of the molecule is O=C(O)C(=O)C(CN1CCC(C(Nc2ccc(F)cc2)c2ccc(F)cc2)CC1)OC(=O)c1ccccc1. The molecule has 2 N–H and O–H groups in total. The Morgan fingerprint density at radius 1 is 0.895 bits per heavy atom. The normalized spacial score (nSPS) is 15.8. The summed E-state index contributed by atoms with van der Waals surface area (Å²) in [6.45, 7) is 1.02. The Kier molecular flexibility index (Phi) is 8.81. The number of piperidine rings is 1. The zero-order valence-corrected chi connectivity index (χ0v) is 20.6. The van der Waals surface area contributed by atoms with Crippen LogP contribution >= 0.6 is 0 Å². The zero-order valence-electron chi connectivity index (χ0n) is 20.6. The van der Waals surface area contributed by atoms with Crippen molar-refractivity contribution in [3.63, 3.8) is 0 Å². The van der Waals surface area contributed by atoms with E-state index < -0.39 is 23.8 Å². The van der Waals surface area contributed by atoms with E-state index in [1.807, 2.05) is 4.90 Å². The molecule has 3 aromatic carbocycles. The highest BCUT2D eigenvalue weighted by Crippen LogP contribution is 2.34. The molecular weight excluding hydrogens is 494 g/mol. The van der Waals surface area contributed by atoms with Gasteiger partial charge in [0.1, 0.15) is 11.6 Å². The molecular formula is C29H28F2N2O5. The third-order valence-electron chi connectivity index (χ3n) is 6.69. The lowest BCUT2D eigenvalue weighted by atomic mass is 9.85. The highest BCUT2D eigenvalue weighted by Gasteiger charge is 2.34. The molecule has 0 aromatic heterocycles. The minimum atomic E-state index is -1.66. The number of halogens is 2. The molecule has 1 aliphatic heterocycles. The summed E-state index contributed by atoms with van der Waals surface area (Å²) >= 11 is 0. The number of anilines is 1. The molecule has 2 unspecified atom stereocenters. The maximum atomic E-state index is 13.6. The van der Waals surface area contributed by atoms with E-state index in [-0.39, 0.29) is 35.7 Å². The van der Waals surface area contributed by atoms with E-state index in [0.717, 1.165) is 11.3 Å². The Morgan fingerprint density at radius 2 is 1.47 bits per heavy atom. The smallest absolute Gasteiger partial charge is 0.376 e. The van der Waals surface area contributed by atoms with Crippen molar-refractivity contribution in [3.05, 3.63) is 102 Å². The van der Waals surface area contributed by atoms with Crippen molar-refractivity contribution in [3.8, 4) is 0 Å². The predicted molar refractivity (Wildman–Crippen MR) is 137 cm³/mol. The van der Waals surface area contributed by atoms with E-state index in [0.29, 0.717) is 25.9 Å². The monoisotopic (exact) mass is 522 g/mol. The molecule has 1 heterocycles. The quantitative estimate of drug-likeness (QED) is 0.294. The molecule has 198 valence electrons. The van der Waals surface area contributed by atoms with Crippen molar-refractivity contribution in [1.82, 2.24) is 4.90 Å². The van der Waals surface area contributed by atoms with E-state index >= 15 is 0 Å². The topological polar surface area (TPSA) is 95.9 Å². The number of ether oxygens (including phenoxy) is 1. The fourth-order valence-electron chi connectivity index (χ4n) is 4.66. The number of likely N-dealkylation sites (tertiary alicyclic amines) is 1. The maximum Gasteiger partial charge on any atom is 0.376 e. The Bertz CT molecular complexity index is 1240. The van der Waals surface area contributed by atoms with Crippen LogP contribution < -0.4 is 5.32 Å². The first kappa shape index (κ1) is 26.9. The van der Waals surface area contributed by atoms with Crippen molar-refractivity contribution in [1.29, 1.82) is 0 Å². The molecule has 1 fully saturated rings. The van der Waals surface area contributed by atoms with Crippen LogP contribution in [0.3, 0.4) is 0 Å². The van der Waals surface area contributed by atoms with Crippen LogP contribution in [0.5, 0.6) is 0 Å². The minimum absolute atomic E-state index is 0.0387. The second kappa shape index (κ2) is 12.4. The van der Waals surface area contributed by atoms with Gasteiger partial charge in [0.05, 0.1) is 11.6 Å². The number of nitrogens with zero attached hydrogens (tertiary/aromatic N) is 1. The van der Waals surface area contributed by atoms with Crippen LogP contribution in [-0.4, -0.2) is 53.5 Å². The van der Waals surface area contributed by atoms with Crippen LogP contribution in [0.25, 0.3) is 0 Å². The van der Waals surface area contributed by atoms with Gasteiger partial charge in [0, 0.05) is 12.2 Å². The summed E-state index contributed by atoms with van der Waals surface area (Å²) in [4.78, 5) is 38.1. The molecule has 1 aliphatic rings. The van der Waals surface area contributed by atoms with Crippen molar-refractivity contribution < 1.29 is 33.0 Å². The number of esters is 1. The third kappa shape index (κ3) is 7.01. The molecule has 0 radical (unpaired) electrons. The average Bonchev–Trinajstić information content (AvgIpc) is 2.93. The number of carboxylic acid groups (broad SMARTS) is 1. The Hall–Kier alpha value is -4.11. The summed E-state index contributed by atoms with van der Waals surface area (Å²) in [5, 5.41) is 12.7. The second-order valence-electron chi connectivity index (χ2n) is 9.25. The molecule has 0 amide bonds. The molecule has 0 bridgehead atoms. The fraction of sp³-hybridized carbons (Fsp3) is 0.276. The molecule has 3 aromatic rings. The van der Waals surface area contributed by atoms with Crippen molar-refractivity contribution in [2.75, 3.05) is 25.0 Å². The van der Waals surface area contributed by atoms with Gasteiger partial charge >= 0.3 is 11.9 Å². The number of carbonyl (C=O) groups is 3. The highest BCUT2D eigenvalue weighted by atomic mass is 19.1. The number of aliphatic carboxylic acids is 1. The van der Waals surface area contributed by atoms with E-state index in [1.54, 1.807) is 42.5 Å². The number of nitrogens with one attached hydrogen (secondary N) is 1. The van der Waals surface area contributed by atoms with Crippen LogP contribution in [0.1, 0.15) is 34.8 Å². The lowest BCUT2D eigenvalue weighted by Gasteiger charge is -2.37. The third-order valence-corrected chi connectivity index (χ3v) is 6.69. The van der Waals surface area contributed by atoms with E-state index in [4.69, 9.17) is 4.74 Å². The first-order valence-corrected chi connectivity index (χ1v) is 12.3. The first-order chi connectivity index (χ1) is 18.3. The van der Waals surface area contributed by atoms with E-state index in [9.17, 15) is 28.3 Å². The zero-order chi connectivity index (χ0) is 27.1. The molecule has 1 saturated heterocycles. The summed E-state index contributed by atoms with van der Waals surface area (Å²) in [5.74, 6) is -4.18. The van der Waals surface area contributed by atoms with Gasteiger partial charge in [-0.25, -0.2) is 18.4 Å². The minimum Gasteiger partial charge on any atom is -0.475 e.